The molecule has 0 aromatic carbocycles. The molecular weight excluding hydrogens is 182 g/mol. The lowest BCUT2D eigenvalue weighted by Crippen LogP contribution is -2.51. The van der Waals surface area contributed by atoms with Gasteiger partial charge >= 0.3 is 0 Å². The summed E-state index contributed by atoms with van der Waals surface area (Å²) < 4.78 is 5.07. The summed E-state index contributed by atoms with van der Waals surface area (Å²) in [7, 11) is 1.63. The zero-order valence-electron chi connectivity index (χ0n) is 9.63. The first kappa shape index (κ1) is 13.8. The number of hydrogen-bond donors (Lipinski definition) is 3. The normalized spacial score (nSPS) is 16.7. The van der Waals surface area contributed by atoms with Gasteiger partial charge in [0.05, 0.1) is 12.2 Å². The van der Waals surface area contributed by atoms with Gasteiger partial charge in [0.15, 0.2) is 0 Å². The first-order valence-corrected chi connectivity index (χ1v) is 4.90. The van der Waals surface area contributed by atoms with Crippen molar-refractivity contribution in [3.8, 4) is 0 Å². The minimum absolute atomic E-state index is 0.110. The van der Waals surface area contributed by atoms with Crippen molar-refractivity contribution < 1.29 is 14.9 Å². The minimum Gasteiger partial charge on any atom is -0.396 e. The molecule has 0 saturated heterocycles. The maximum absolute atomic E-state index is 9.55. The molecule has 14 heavy (non-hydrogen) atoms. The Kier molecular flexibility index (Phi) is 5.59. The van der Waals surface area contributed by atoms with E-state index in [1.54, 1.807) is 21.0 Å². The highest BCUT2D eigenvalue weighted by Crippen LogP contribution is 2.11. The fourth-order valence-electron chi connectivity index (χ4n) is 1.21. The number of hydrogen-bond acceptors (Lipinski definition) is 4. The lowest BCUT2D eigenvalue weighted by atomic mass is 9.98. The van der Waals surface area contributed by atoms with E-state index in [1.807, 2.05) is 6.92 Å². The van der Waals surface area contributed by atoms with Gasteiger partial charge in [-0.25, -0.2) is 0 Å². The van der Waals surface area contributed by atoms with Crippen molar-refractivity contribution >= 4 is 0 Å². The monoisotopic (exact) mass is 205 g/mol. The summed E-state index contributed by atoms with van der Waals surface area (Å²) in [6.45, 7) is 6.56. The molecule has 0 fully saturated rings. The molecule has 1 unspecified atom stereocenters. The van der Waals surface area contributed by atoms with Gasteiger partial charge in [0.1, 0.15) is 0 Å². The molecular formula is C10H23NO3. The Morgan fingerprint density at radius 3 is 2.21 bits per heavy atom. The first-order valence-electron chi connectivity index (χ1n) is 4.90. The van der Waals surface area contributed by atoms with E-state index < -0.39 is 5.60 Å². The highest BCUT2D eigenvalue weighted by molar-refractivity contribution is 4.85. The van der Waals surface area contributed by atoms with Gasteiger partial charge in [0.2, 0.25) is 0 Å². The molecule has 3 N–H and O–H groups in total. The van der Waals surface area contributed by atoms with Crippen LogP contribution in [0, 0.1) is 0 Å². The Bertz CT molecular complexity index is 148. The number of aliphatic hydroxyl groups is 2. The van der Waals surface area contributed by atoms with Crippen LogP contribution in [0.15, 0.2) is 0 Å². The molecule has 86 valence electrons. The Hall–Kier alpha value is -0.160. The standard InChI is InChI=1S/C10H23NO3/c1-9(2,13)7-11-10(3,5-6-12)8-14-4/h11-13H,5-8H2,1-4H3. The van der Waals surface area contributed by atoms with Crippen LogP contribution in [0.4, 0.5) is 0 Å². The number of nitrogens with one attached hydrogen (secondary N) is 1. The molecule has 0 saturated carbocycles. The van der Waals surface area contributed by atoms with Gasteiger partial charge < -0.3 is 20.3 Å². The third-order valence-corrected chi connectivity index (χ3v) is 2.07. The lowest BCUT2D eigenvalue weighted by Gasteiger charge is -2.32. The van der Waals surface area contributed by atoms with Crippen molar-refractivity contribution in [3.05, 3.63) is 0 Å². The van der Waals surface area contributed by atoms with Gasteiger partial charge in [-0.2, -0.15) is 0 Å². The first-order chi connectivity index (χ1) is 6.33. The number of methoxy groups -OCH3 is 1. The average molecular weight is 205 g/mol. The smallest absolute Gasteiger partial charge is 0.0715 e. The van der Waals surface area contributed by atoms with E-state index in [2.05, 4.69) is 5.32 Å². The highest BCUT2D eigenvalue weighted by Gasteiger charge is 2.25. The molecule has 0 aliphatic carbocycles. The number of ether oxygens (including phenoxy) is 1. The molecule has 4 heteroatoms. The molecule has 0 aliphatic rings. The second kappa shape index (κ2) is 5.66. The van der Waals surface area contributed by atoms with Crippen molar-refractivity contribution in [2.45, 2.75) is 38.3 Å². The van der Waals surface area contributed by atoms with E-state index >= 15 is 0 Å². The van der Waals surface area contributed by atoms with Gasteiger partial charge in [-0.1, -0.05) is 0 Å². The fourth-order valence-corrected chi connectivity index (χ4v) is 1.21. The maximum atomic E-state index is 9.55. The fraction of sp³-hybridized carbons (Fsp3) is 1.00. The third kappa shape index (κ3) is 6.32. The number of β-amino-alcohol motifs (C(OH)–C–C–N with tert-alkyl or cyclic N) is 1. The van der Waals surface area contributed by atoms with Crippen molar-refractivity contribution in [1.29, 1.82) is 0 Å². The molecule has 0 aromatic rings. The van der Waals surface area contributed by atoms with E-state index in [0.29, 0.717) is 19.6 Å². The summed E-state index contributed by atoms with van der Waals surface area (Å²) in [5.74, 6) is 0. The van der Waals surface area contributed by atoms with E-state index in [9.17, 15) is 5.11 Å². The summed E-state index contributed by atoms with van der Waals surface area (Å²) >= 11 is 0. The second-order valence-electron chi connectivity index (χ2n) is 4.63. The van der Waals surface area contributed by atoms with Crippen molar-refractivity contribution in [2.75, 3.05) is 26.9 Å². The zero-order valence-corrected chi connectivity index (χ0v) is 9.63. The van der Waals surface area contributed by atoms with E-state index in [1.165, 1.54) is 0 Å². The highest BCUT2D eigenvalue weighted by atomic mass is 16.5. The zero-order chi connectivity index (χ0) is 11.2. The number of rotatable bonds is 7. The molecule has 4 nitrogen and oxygen atoms in total. The van der Waals surface area contributed by atoms with Gasteiger partial charge in [0.25, 0.3) is 0 Å². The van der Waals surface area contributed by atoms with Crippen molar-refractivity contribution in [2.24, 2.45) is 0 Å². The summed E-state index contributed by atoms with van der Waals surface area (Å²) in [5, 5.41) is 21.7. The third-order valence-electron chi connectivity index (χ3n) is 2.07. The number of aliphatic hydroxyl groups excluding tert-OH is 1. The topological polar surface area (TPSA) is 61.7 Å². The van der Waals surface area contributed by atoms with E-state index in [-0.39, 0.29) is 12.1 Å². The predicted octanol–water partition coefficient (Wildman–Crippen LogP) is 0.134. The molecule has 1 atom stereocenters. The van der Waals surface area contributed by atoms with Crippen LogP contribution in [-0.2, 0) is 4.74 Å². The van der Waals surface area contributed by atoms with Crippen molar-refractivity contribution in [3.63, 3.8) is 0 Å². The maximum Gasteiger partial charge on any atom is 0.0715 e. The molecule has 0 aliphatic heterocycles. The van der Waals surface area contributed by atoms with E-state index in [4.69, 9.17) is 9.84 Å². The van der Waals surface area contributed by atoms with Crippen LogP contribution in [0.25, 0.3) is 0 Å². The van der Waals surface area contributed by atoms with Crippen molar-refractivity contribution in [1.82, 2.24) is 5.32 Å². The molecule has 0 radical (unpaired) electrons. The van der Waals surface area contributed by atoms with Gasteiger partial charge in [-0.05, 0) is 27.2 Å². The van der Waals surface area contributed by atoms with Crippen LogP contribution in [0.2, 0.25) is 0 Å². The largest absolute Gasteiger partial charge is 0.396 e. The summed E-state index contributed by atoms with van der Waals surface area (Å²) in [6, 6.07) is 0. The van der Waals surface area contributed by atoms with Crippen LogP contribution in [-0.4, -0.2) is 48.2 Å². The quantitative estimate of drug-likeness (QED) is 0.553. The summed E-state index contributed by atoms with van der Waals surface area (Å²) in [4.78, 5) is 0. The molecule has 0 rings (SSSR count). The molecule has 0 spiro atoms. The Morgan fingerprint density at radius 1 is 1.29 bits per heavy atom. The van der Waals surface area contributed by atoms with Crippen LogP contribution in [0.3, 0.4) is 0 Å². The molecule has 0 aromatic heterocycles. The average Bonchev–Trinajstić information content (AvgIpc) is 2.01. The van der Waals surface area contributed by atoms with E-state index in [0.717, 1.165) is 0 Å². The molecule has 0 bridgehead atoms. The van der Waals surface area contributed by atoms with Gasteiger partial charge in [0, 0.05) is 25.8 Å². The Balaban J connectivity index is 4.08. The lowest BCUT2D eigenvalue weighted by molar-refractivity contribution is 0.0466. The molecule has 0 heterocycles. The SMILES string of the molecule is COCC(C)(CCO)NCC(C)(C)O. The van der Waals surface area contributed by atoms with Gasteiger partial charge in [-0.3, -0.25) is 0 Å². The van der Waals surface area contributed by atoms with Crippen LogP contribution in [0.1, 0.15) is 27.2 Å². The molecule has 0 amide bonds. The van der Waals surface area contributed by atoms with Gasteiger partial charge in [-0.15, -0.1) is 0 Å². The predicted molar refractivity (Wildman–Crippen MR) is 56.3 cm³/mol. The minimum atomic E-state index is -0.746. The summed E-state index contributed by atoms with van der Waals surface area (Å²) in [5.41, 5.74) is -1.02. The Morgan fingerprint density at radius 2 is 1.86 bits per heavy atom. The van der Waals surface area contributed by atoms with Crippen LogP contribution >= 0.6 is 0 Å². The van der Waals surface area contributed by atoms with Crippen LogP contribution in [0.5, 0.6) is 0 Å². The van der Waals surface area contributed by atoms with Crippen LogP contribution < -0.4 is 5.32 Å². The summed E-state index contributed by atoms with van der Waals surface area (Å²) in [6.07, 6.45) is 0.608. The second-order valence-corrected chi connectivity index (χ2v) is 4.63. The Labute approximate surface area is 86.3 Å².